The van der Waals surface area contributed by atoms with Gasteiger partial charge in [0.25, 0.3) is 0 Å². The molecule has 16 heterocycles. The zero-order valence-corrected chi connectivity index (χ0v) is 78.6. The van der Waals surface area contributed by atoms with E-state index < -0.39 is 0 Å². The predicted octanol–water partition coefficient (Wildman–Crippen LogP) is 15.9. The van der Waals surface area contributed by atoms with Crippen LogP contribution in [0, 0.1) is 0 Å². The highest BCUT2D eigenvalue weighted by Gasteiger charge is 2.18. The molecule has 0 fully saturated rings. The van der Waals surface area contributed by atoms with Crippen molar-refractivity contribution in [2.75, 3.05) is 30.5 Å². The maximum atomic E-state index is 11.5. The van der Waals surface area contributed by atoms with Crippen molar-refractivity contribution in [2.24, 2.45) is 10.9 Å². The van der Waals surface area contributed by atoms with Crippen LogP contribution in [0.3, 0.4) is 0 Å². The Balaban J connectivity index is 0.000000116. The third-order valence-corrected chi connectivity index (χ3v) is 21.7. The van der Waals surface area contributed by atoms with Gasteiger partial charge in [0.2, 0.25) is 22.6 Å². The number of rotatable bonds is 18. The van der Waals surface area contributed by atoms with Crippen LogP contribution in [0.5, 0.6) is 0 Å². The maximum absolute atomic E-state index is 11.5. The number of Topliss-reactive ketones (excluding diaryl/α,β-unsaturated/α-hetero) is 1. The molecule has 0 atom stereocenters. The molecule has 135 heavy (non-hydrogen) atoms. The standard InChI is InChI=1S/C18H16N6O.C17H15N7O.C16H12N6O.C14H9BrN6.C14H12BrN5.C10H10N2.C4H3Br2N3/c1-3-25-12(2)16-10-20-17-18(21-16)24(23-22-17)11-13-6-7-15-14(9-13)5-4-8-19-15;1-11(22-25-2)15-9-19-16-17(20-15)24(23-21-16)10-12-5-6-14-13(8-12)4-3-7-18-14;1-10(23)14-8-18-15-16(19-14)22(21-20-15)9-11-4-5-13-12(7-11)3-2-6-17-13;15-12-7-17-13-14(18-12)21(20-19-13)8-9-3-4-11-10(6-9)2-1-5-16-11;15-12-8-18-13(16)14(20-12)19-7-9-3-4-11-10(6-9)2-1-5-17-11;11-7-8-3-4-10-9(6-8)2-1-5-12-10;5-2-1-8-4(7)3(6)9-2/h4-10H,2-3,11H2,1H3;3-9H,10H2,1-2H3;2-8H,9H2,1H3;1-7H,8H2;1-6,8H,7H2,(H2,16,18)(H,19,20);1-6H,7,11H2;1H,(H2,7,8)/b;22-11+;;;;;. The van der Waals surface area contributed by atoms with E-state index >= 15 is 0 Å². The summed E-state index contributed by atoms with van der Waals surface area (Å²) < 4.78 is 14.8. The number of fused-ring (bicyclic) bond motifs is 10. The van der Waals surface area contributed by atoms with Gasteiger partial charge >= 0.3 is 0 Å². The molecule has 0 unspecified atom stereocenters. The molecule has 0 bridgehead atoms. The highest BCUT2D eigenvalue weighted by atomic mass is 79.9. The fourth-order valence-corrected chi connectivity index (χ4v) is 14.8. The smallest absolute Gasteiger partial charge is 0.221 e. The second-order valence-corrected chi connectivity index (χ2v) is 32.5. The lowest BCUT2D eigenvalue weighted by atomic mass is 10.1. The van der Waals surface area contributed by atoms with Crippen molar-refractivity contribution in [1.29, 1.82) is 0 Å². The summed E-state index contributed by atoms with van der Waals surface area (Å²) in [6.07, 6.45) is 20.1. The molecular formula is C93H77Br4N35O3. The Hall–Kier alpha value is -16.2. The van der Waals surface area contributed by atoms with Crippen molar-refractivity contribution >= 4 is 209 Å². The summed E-state index contributed by atoms with van der Waals surface area (Å²) in [5, 5.41) is 46.4. The van der Waals surface area contributed by atoms with E-state index in [1.807, 2.05) is 159 Å². The van der Waals surface area contributed by atoms with Crippen molar-refractivity contribution in [3.63, 3.8) is 0 Å². The van der Waals surface area contributed by atoms with Crippen molar-refractivity contribution in [2.45, 2.75) is 60.0 Å². The third kappa shape index (κ3) is 23.6. The number of carbonyl (C=O) groups is 1. The first kappa shape index (κ1) is 92.1. The molecule has 7 N–H and O–H groups in total. The number of carbonyl (C=O) groups excluding carboxylic acids is 1. The van der Waals surface area contributed by atoms with Crippen LogP contribution in [-0.4, -0.2) is 175 Å². The Kier molecular flexibility index (Phi) is 29.8. The first-order valence-electron chi connectivity index (χ1n) is 41.3. The molecule has 0 aliphatic heterocycles. The summed E-state index contributed by atoms with van der Waals surface area (Å²) in [7, 11) is 1.50. The normalized spacial score (nSPS) is 11.1. The van der Waals surface area contributed by atoms with Gasteiger partial charge < -0.3 is 32.1 Å². The predicted molar refractivity (Wildman–Crippen MR) is 528 cm³/mol. The number of halogens is 4. The molecule has 670 valence electrons. The molecule has 0 saturated carbocycles. The first-order chi connectivity index (χ1) is 65.8. The highest BCUT2D eigenvalue weighted by molar-refractivity contribution is 9.11. The molecule has 22 aromatic rings. The number of pyridine rings is 6. The molecule has 0 aliphatic carbocycles. The Morgan fingerprint density at radius 3 is 1.10 bits per heavy atom. The molecule has 6 aromatic carbocycles. The first-order valence-corrected chi connectivity index (χ1v) is 44.5. The minimum atomic E-state index is -0.135. The third-order valence-electron chi connectivity index (χ3n) is 20.0. The number of nitrogen functional groups attached to an aromatic ring is 2. The summed E-state index contributed by atoms with van der Waals surface area (Å²) in [4.78, 5) is 92.8. The zero-order chi connectivity index (χ0) is 93.7. The van der Waals surface area contributed by atoms with Crippen LogP contribution in [0.25, 0.3) is 116 Å². The maximum Gasteiger partial charge on any atom is 0.221 e. The lowest BCUT2D eigenvalue weighted by Crippen LogP contribution is -2.06. The van der Waals surface area contributed by atoms with E-state index in [1.165, 1.54) is 20.2 Å². The minimum absolute atomic E-state index is 0.135. The topological polar surface area (TPSA) is 493 Å². The minimum Gasteiger partial charge on any atom is -0.492 e. The Bertz CT molecular complexity index is 8070. The van der Waals surface area contributed by atoms with Gasteiger partial charge in [-0.25, -0.2) is 78.5 Å². The van der Waals surface area contributed by atoms with E-state index in [4.69, 9.17) is 26.8 Å². The average molecular weight is 2050 g/mol. The van der Waals surface area contributed by atoms with Gasteiger partial charge in [-0.1, -0.05) is 105 Å². The van der Waals surface area contributed by atoms with Crippen LogP contribution < -0.4 is 22.5 Å². The summed E-state index contributed by atoms with van der Waals surface area (Å²) in [6, 6.07) is 60.3. The molecule has 0 aliphatic rings. The molecule has 22 rings (SSSR count). The molecule has 0 spiro atoms. The van der Waals surface area contributed by atoms with Gasteiger partial charge in [-0.3, -0.25) is 34.7 Å². The van der Waals surface area contributed by atoms with Crippen LogP contribution in [-0.2, 0) is 48.8 Å². The zero-order valence-electron chi connectivity index (χ0n) is 72.2. The van der Waals surface area contributed by atoms with Gasteiger partial charge in [-0.15, -0.1) is 20.4 Å². The van der Waals surface area contributed by atoms with E-state index in [1.54, 1.807) is 86.9 Å². The summed E-state index contributed by atoms with van der Waals surface area (Å²) in [5.41, 5.74) is 35.6. The SMILES string of the molecule is Brc1cnc2nnn(Cc3ccc4ncccc4c3)c2n1.C=C(OCC)c1cnc2nnn(Cc3ccc4ncccc4c3)c2n1.CC(=O)c1cnc2nnn(Cc3ccc4ncccc4c3)c2n1.CO/N=C(\C)c1cnc2nnn(Cc3ccc4ncccc4c3)c2n1.NCc1ccc2ncccc2c1.Nc1ncc(Br)nc1Br.Nc1ncc(Br)nc1NCc1ccc2ncccc2c1. The fourth-order valence-electron chi connectivity index (χ4n) is 13.5. The van der Waals surface area contributed by atoms with Crippen LogP contribution in [0.2, 0.25) is 0 Å². The molecule has 0 amide bonds. The number of nitrogens with zero attached hydrogens (tertiary/aromatic N) is 31. The highest BCUT2D eigenvalue weighted by Crippen LogP contribution is 2.26. The van der Waals surface area contributed by atoms with Gasteiger partial charge in [0.05, 0.1) is 103 Å². The summed E-state index contributed by atoms with van der Waals surface area (Å²) >= 11 is 12.9. The van der Waals surface area contributed by atoms with E-state index in [2.05, 4.69) is 248 Å². The van der Waals surface area contributed by atoms with Gasteiger partial charge in [-0.05, 0) is 220 Å². The Labute approximate surface area is 800 Å². The molecular weight excluding hydrogens is 1970 g/mol. The monoisotopic (exact) mass is 2050 g/mol. The van der Waals surface area contributed by atoms with Gasteiger partial charge in [0, 0.05) is 89.5 Å². The summed E-state index contributed by atoms with van der Waals surface area (Å²) in [5.74, 6) is 1.71. The Morgan fingerprint density at radius 2 is 0.719 bits per heavy atom. The van der Waals surface area contributed by atoms with Crippen molar-refractivity contribution in [3.05, 3.63) is 332 Å². The van der Waals surface area contributed by atoms with Crippen LogP contribution in [0.1, 0.15) is 76.0 Å². The summed E-state index contributed by atoms with van der Waals surface area (Å²) in [6.45, 7) is 13.0. The average Bonchev–Trinajstić information content (AvgIpc) is 1.67. The number of ketones is 1. The number of nitrogens with two attached hydrogens (primary N) is 3. The lowest BCUT2D eigenvalue weighted by molar-refractivity contribution is 0.101. The number of nitrogens with one attached hydrogen (secondary N) is 1. The molecule has 0 saturated heterocycles. The largest absolute Gasteiger partial charge is 0.492 e. The number of ether oxygens (including phenoxy) is 1. The van der Waals surface area contributed by atoms with Crippen molar-refractivity contribution in [3.8, 4) is 0 Å². The molecule has 42 heteroatoms. The van der Waals surface area contributed by atoms with E-state index in [0.29, 0.717) is 155 Å². The second-order valence-electron chi connectivity index (χ2n) is 29.3. The van der Waals surface area contributed by atoms with E-state index in [9.17, 15) is 4.79 Å². The Morgan fingerprint density at radius 1 is 0.393 bits per heavy atom. The quantitative estimate of drug-likeness (QED) is 0.0268. The van der Waals surface area contributed by atoms with Crippen LogP contribution >= 0.6 is 63.7 Å². The van der Waals surface area contributed by atoms with Gasteiger partial charge in [0.15, 0.2) is 45.8 Å². The van der Waals surface area contributed by atoms with Crippen molar-refractivity contribution < 1.29 is 14.4 Å². The van der Waals surface area contributed by atoms with Gasteiger partial charge in [0.1, 0.15) is 54.1 Å². The van der Waals surface area contributed by atoms with E-state index in [-0.39, 0.29) is 5.78 Å². The molecule has 16 aromatic heterocycles. The van der Waals surface area contributed by atoms with E-state index in [0.717, 1.165) is 98.8 Å². The fraction of sp³-hybridized carbons (Fsp3) is 0.118. The van der Waals surface area contributed by atoms with Gasteiger partial charge in [-0.2, -0.15) is 0 Å². The number of anilines is 3. The van der Waals surface area contributed by atoms with Crippen molar-refractivity contribution in [1.82, 2.24) is 150 Å². The van der Waals surface area contributed by atoms with Crippen LogP contribution in [0.4, 0.5) is 17.5 Å². The number of oxime groups is 1. The molecule has 0 radical (unpaired) electrons. The van der Waals surface area contributed by atoms with Crippen LogP contribution in [0.15, 0.2) is 287 Å². The lowest BCUT2D eigenvalue weighted by Gasteiger charge is -2.08. The number of aromatic nitrogens is 30. The second kappa shape index (κ2) is 43.7. The number of benzene rings is 6. The molecule has 38 nitrogen and oxygen atoms in total. The number of hydrogen-bond donors (Lipinski definition) is 4. The number of hydrogen-bond acceptors (Lipinski definition) is 34.